The molecule has 19 heavy (non-hydrogen) atoms. The quantitative estimate of drug-likeness (QED) is 0.799. The minimum absolute atomic E-state index is 0.810. The molecule has 106 valence electrons. The van der Waals surface area contributed by atoms with Gasteiger partial charge in [0.15, 0.2) is 0 Å². The Balaban J connectivity index is 1.71. The second kappa shape index (κ2) is 7.81. The van der Waals surface area contributed by atoms with Crippen LogP contribution in [-0.4, -0.2) is 43.4 Å². The highest BCUT2D eigenvalue weighted by Gasteiger charge is 2.17. The molecule has 0 spiro atoms. The van der Waals surface area contributed by atoms with Gasteiger partial charge in [0.1, 0.15) is 0 Å². The first-order valence-corrected chi connectivity index (χ1v) is 8.06. The van der Waals surface area contributed by atoms with Crippen LogP contribution in [0.3, 0.4) is 0 Å². The fraction of sp³-hybridized carbons (Fsp3) is 0.625. The molecule has 0 amide bonds. The van der Waals surface area contributed by atoms with Crippen LogP contribution < -0.4 is 4.90 Å². The molecule has 1 aromatic carbocycles. The molecule has 1 atom stereocenters. The number of benzene rings is 1. The Labute approximate surface area is 123 Å². The van der Waals surface area contributed by atoms with Crippen molar-refractivity contribution in [3.63, 3.8) is 0 Å². The molecule has 0 radical (unpaired) electrons. The summed E-state index contributed by atoms with van der Waals surface area (Å²) in [6, 6.07) is 10.8. The maximum atomic E-state index is 4.31. The second-order valence-corrected chi connectivity index (χ2v) is 6.02. The summed E-state index contributed by atoms with van der Waals surface area (Å²) in [6.45, 7) is 8.30. The predicted molar refractivity (Wildman–Crippen MR) is 87.3 cm³/mol. The average Bonchev–Trinajstić information content (AvgIpc) is 2.47. The van der Waals surface area contributed by atoms with E-state index in [2.05, 4.69) is 59.7 Å². The predicted octanol–water partition coefficient (Wildman–Crippen LogP) is 3.15. The van der Waals surface area contributed by atoms with Crippen molar-refractivity contribution in [3.8, 4) is 0 Å². The normalized spacial score (nSPS) is 18.5. The van der Waals surface area contributed by atoms with Gasteiger partial charge in [-0.15, -0.1) is 0 Å². The lowest BCUT2D eigenvalue weighted by Gasteiger charge is -2.36. The van der Waals surface area contributed by atoms with Crippen LogP contribution in [0.1, 0.15) is 19.8 Å². The minimum Gasteiger partial charge on any atom is -0.369 e. The molecule has 1 fully saturated rings. The summed E-state index contributed by atoms with van der Waals surface area (Å²) in [5.41, 5.74) is 1.37. The molecule has 1 aromatic rings. The largest absolute Gasteiger partial charge is 0.369 e. The number of rotatable bonds is 6. The van der Waals surface area contributed by atoms with E-state index in [-0.39, 0.29) is 0 Å². The van der Waals surface area contributed by atoms with E-state index in [1.165, 1.54) is 38.2 Å². The molecule has 0 aliphatic carbocycles. The minimum atomic E-state index is 0.810. The first-order chi connectivity index (χ1) is 9.29. The molecule has 1 unspecified atom stereocenters. The Kier molecular flexibility index (Phi) is 6.05. The number of hydrogen-bond acceptors (Lipinski definition) is 3. The molecule has 0 bridgehead atoms. The van der Waals surface area contributed by atoms with E-state index in [0.717, 1.165) is 24.8 Å². The van der Waals surface area contributed by atoms with Gasteiger partial charge >= 0.3 is 0 Å². The van der Waals surface area contributed by atoms with Crippen LogP contribution >= 0.6 is 12.6 Å². The van der Waals surface area contributed by atoms with Gasteiger partial charge in [0.25, 0.3) is 0 Å². The maximum Gasteiger partial charge on any atom is 0.0367 e. The SMILES string of the molecule is CC(CCS)CCN1CCN(c2ccccc2)CC1. The number of para-hydroxylation sites is 1. The molecule has 0 aromatic heterocycles. The highest BCUT2D eigenvalue weighted by atomic mass is 32.1. The fourth-order valence-electron chi connectivity index (χ4n) is 2.64. The molecule has 2 nitrogen and oxygen atoms in total. The van der Waals surface area contributed by atoms with Gasteiger partial charge in [-0.3, -0.25) is 4.90 Å². The lowest BCUT2D eigenvalue weighted by molar-refractivity contribution is 0.240. The molecule has 1 aliphatic heterocycles. The van der Waals surface area contributed by atoms with E-state index >= 15 is 0 Å². The van der Waals surface area contributed by atoms with E-state index in [1.807, 2.05) is 0 Å². The van der Waals surface area contributed by atoms with Crippen LogP contribution in [0.5, 0.6) is 0 Å². The maximum absolute atomic E-state index is 4.31. The Morgan fingerprint density at radius 2 is 1.74 bits per heavy atom. The van der Waals surface area contributed by atoms with E-state index in [4.69, 9.17) is 0 Å². The fourth-order valence-corrected chi connectivity index (χ4v) is 3.08. The zero-order valence-corrected chi connectivity index (χ0v) is 12.9. The Hall–Kier alpha value is -0.670. The third kappa shape index (κ3) is 4.73. The molecule has 2 rings (SSSR count). The van der Waals surface area contributed by atoms with Gasteiger partial charge in [-0.1, -0.05) is 25.1 Å². The highest BCUT2D eigenvalue weighted by molar-refractivity contribution is 7.80. The van der Waals surface area contributed by atoms with Crippen LogP contribution in [0.25, 0.3) is 0 Å². The number of thiol groups is 1. The van der Waals surface area contributed by atoms with Crippen molar-refractivity contribution < 1.29 is 0 Å². The zero-order chi connectivity index (χ0) is 13.5. The summed E-state index contributed by atoms with van der Waals surface area (Å²) < 4.78 is 0. The molecular formula is C16H26N2S. The summed E-state index contributed by atoms with van der Waals surface area (Å²) in [5.74, 6) is 1.83. The van der Waals surface area contributed by atoms with Gasteiger partial charge in [-0.25, -0.2) is 0 Å². The van der Waals surface area contributed by atoms with Gasteiger partial charge in [0.05, 0.1) is 0 Å². The first kappa shape index (κ1) is 14.7. The van der Waals surface area contributed by atoms with Gasteiger partial charge in [-0.05, 0) is 43.2 Å². The molecule has 1 aliphatic rings. The first-order valence-electron chi connectivity index (χ1n) is 7.43. The van der Waals surface area contributed by atoms with E-state index in [1.54, 1.807) is 0 Å². The molecular weight excluding hydrogens is 252 g/mol. The van der Waals surface area contributed by atoms with Crippen molar-refractivity contribution in [3.05, 3.63) is 30.3 Å². The Morgan fingerprint density at radius 1 is 1.05 bits per heavy atom. The topological polar surface area (TPSA) is 6.48 Å². The van der Waals surface area contributed by atoms with Crippen LogP contribution in [0.15, 0.2) is 30.3 Å². The second-order valence-electron chi connectivity index (χ2n) is 5.57. The average molecular weight is 278 g/mol. The monoisotopic (exact) mass is 278 g/mol. The lowest BCUT2D eigenvalue weighted by atomic mass is 10.0. The third-order valence-corrected chi connectivity index (χ3v) is 4.31. The van der Waals surface area contributed by atoms with Crippen molar-refractivity contribution in [2.45, 2.75) is 19.8 Å². The van der Waals surface area contributed by atoms with Crippen molar-refractivity contribution >= 4 is 18.3 Å². The van der Waals surface area contributed by atoms with Crippen molar-refractivity contribution in [1.29, 1.82) is 0 Å². The zero-order valence-electron chi connectivity index (χ0n) is 12.0. The lowest BCUT2D eigenvalue weighted by Crippen LogP contribution is -2.46. The molecule has 3 heteroatoms. The van der Waals surface area contributed by atoms with Gasteiger partial charge in [-0.2, -0.15) is 12.6 Å². The summed E-state index contributed by atoms with van der Waals surface area (Å²) >= 11 is 4.31. The van der Waals surface area contributed by atoms with Crippen molar-refractivity contribution in [1.82, 2.24) is 4.90 Å². The van der Waals surface area contributed by atoms with Crippen LogP contribution in [0.2, 0.25) is 0 Å². The van der Waals surface area contributed by atoms with Crippen molar-refractivity contribution in [2.24, 2.45) is 5.92 Å². The standard InChI is InChI=1S/C16H26N2S/c1-15(8-14-19)7-9-17-10-12-18(13-11-17)16-5-3-2-4-6-16/h2-6,15,19H,7-14H2,1H3. The number of nitrogens with zero attached hydrogens (tertiary/aromatic N) is 2. The number of anilines is 1. The van der Waals surface area contributed by atoms with E-state index < -0.39 is 0 Å². The third-order valence-electron chi connectivity index (χ3n) is 4.05. The molecule has 1 saturated heterocycles. The number of piperazine rings is 1. The van der Waals surface area contributed by atoms with Crippen LogP contribution in [0.4, 0.5) is 5.69 Å². The summed E-state index contributed by atoms with van der Waals surface area (Å²) in [7, 11) is 0. The van der Waals surface area contributed by atoms with Gasteiger partial charge in [0.2, 0.25) is 0 Å². The molecule has 1 heterocycles. The van der Waals surface area contributed by atoms with Gasteiger partial charge < -0.3 is 4.90 Å². The smallest absolute Gasteiger partial charge is 0.0367 e. The highest BCUT2D eigenvalue weighted by Crippen LogP contribution is 2.16. The Bertz CT molecular complexity index is 347. The summed E-state index contributed by atoms with van der Waals surface area (Å²) in [5, 5.41) is 0. The number of hydrogen-bond donors (Lipinski definition) is 1. The van der Waals surface area contributed by atoms with Crippen molar-refractivity contribution in [2.75, 3.05) is 43.4 Å². The van der Waals surface area contributed by atoms with E-state index in [9.17, 15) is 0 Å². The molecule has 0 saturated carbocycles. The Morgan fingerprint density at radius 3 is 2.37 bits per heavy atom. The summed E-state index contributed by atoms with van der Waals surface area (Å²) in [6.07, 6.45) is 2.55. The van der Waals surface area contributed by atoms with E-state index in [0.29, 0.717) is 0 Å². The van der Waals surface area contributed by atoms with Gasteiger partial charge in [0, 0.05) is 31.9 Å². The van der Waals surface area contributed by atoms with Crippen LogP contribution in [0, 0.1) is 5.92 Å². The van der Waals surface area contributed by atoms with Crippen LogP contribution in [-0.2, 0) is 0 Å². The molecule has 0 N–H and O–H groups in total. The summed E-state index contributed by atoms with van der Waals surface area (Å²) in [4.78, 5) is 5.10.